The largest absolute Gasteiger partial charge is 0.463 e. The average molecular weight is 370 g/mol. The Morgan fingerprint density at radius 2 is 1.77 bits per heavy atom. The molecule has 0 saturated heterocycles. The first kappa shape index (κ1) is 18.2. The third-order valence-electron chi connectivity index (χ3n) is 4.29. The Balaban J connectivity index is 1.62. The van der Waals surface area contributed by atoms with Crippen LogP contribution in [0.1, 0.15) is 35.9 Å². The second kappa shape index (κ2) is 8.70. The van der Waals surface area contributed by atoms with E-state index >= 15 is 0 Å². The van der Waals surface area contributed by atoms with Crippen molar-refractivity contribution in [1.29, 1.82) is 0 Å². The van der Waals surface area contributed by atoms with Crippen LogP contribution in [0.5, 0.6) is 0 Å². The van der Waals surface area contributed by atoms with E-state index in [4.69, 9.17) is 16.0 Å². The van der Waals surface area contributed by atoms with Gasteiger partial charge in [0, 0.05) is 10.6 Å². The maximum atomic E-state index is 12.4. The zero-order chi connectivity index (χ0) is 18.4. The van der Waals surface area contributed by atoms with Gasteiger partial charge in [-0.15, -0.1) is 0 Å². The third kappa shape index (κ3) is 4.75. The summed E-state index contributed by atoms with van der Waals surface area (Å²) in [5.74, 6) is 0.801. The Labute approximate surface area is 158 Å². The lowest BCUT2D eigenvalue weighted by atomic mass is 10.0. The molecule has 4 nitrogen and oxygen atoms in total. The number of amides is 1. The fourth-order valence-corrected chi connectivity index (χ4v) is 3.03. The molecule has 1 aromatic heterocycles. The van der Waals surface area contributed by atoms with Crippen LogP contribution in [-0.4, -0.2) is 12.5 Å². The summed E-state index contributed by atoms with van der Waals surface area (Å²) in [7, 11) is 0. The van der Waals surface area contributed by atoms with Gasteiger partial charge in [-0.1, -0.05) is 54.1 Å². The first-order valence-corrected chi connectivity index (χ1v) is 8.98. The molecule has 0 saturated carbocycles. The molecule has 0 fully saturated rings. The maximum absolute atomic E-state index is 12.4. The van der Waals surface area contributed by atoms with Crippen molar-refractivity contribution in [3.63, 3.8) is 0 Å². The average Bonchev–Trinajstić information content (AvgIpc) is 3.17. The standard InChI is InChI=1S/C21H21ClN2O2/c1-15(16-9-11-18(22)12-10-16)24-20(25)14-23-21(19-8-5-13-26-19)17-6-3-2-4-7-17/h2-13,15,21,23H,14H2,1H3,(H,24,25)/p+1/t15-,21-/m1/s1. The van der Waals surface area contributed by atoms with Crippen LogP contribution in [0.2, 0.25) is 5.02 Å². The van der Waals surface area contributed by atoms with Crippen molar-refractivity contribution in [3.8, 4) is 0 Å². The zero-order valence-electron chi connectivity index (χ0n) is 14.6. The minimum absolute atomic E-state index is 0.0278. The van der Waals surface area contributed by atoms with Crippen LogP contribution in [0.3, 0.4) is 0 Å². The summed E-state index contributed by atoms with van der Waals surface area (Å²) in [4.78, 5) is 12.4. The molecular weight excluding hydrogens is 348 g/mol. The van der Waals surface area contributed by atoms with E-state index in [2.05, 4.69) is 5.32 Å². The number of nitrogens with two attached hydrogens (primary N) is 1. The molecule has 0 aliphatic rings. The number of hydrogen-bond donors (Lipinski definition) is 2. The number of carbonyl (C=O) groups excluding carboxylic acids is 1. The van der Waals surface area contributed by atoms with E-state index in [9.17, 15) is 4.79 Å². The molecule has 0 bridgehead atoms. The molecule has 0 radical (unpaired) electrons. The molecule has 2 atom stereocenters. The first-order chi connectivity index (χ1) is 12.6. The number of nitrogens with one attached hydrogen (secondary N) is 1. The summed E-state index contributed by atoms with van der Waals surface area (Å²) in [5.41, 5.74) is 2.12. The molecule has 1 amide bonds. The summed E-state index contributed by atoms with van der Waals surface area (Å²) in [6, 6.07) is 21.2. The lowest BCUT2D eigenvalue weighted by molar-refractivity contribution is -0.678. The molecule has 26 heavy (non-hydrogen) atoms. The highest BCUT2D eigenvalue weighted by Crippen LogP contribution is 2.18. The van der Waals surface area contributed by atoms with E-state index in [1.807, 2.05) is 79.0 Å². The Morgan fingerprint density at radius 3 is 2.42 bits per heavy atom. The summed E-state index contributed by atoms with van der Waals surface area (Å²) in [6.07, 6.45) is 1.65. The summed E-state index contributed by atoms with van der Waals surface area (Å²) >= 11 is 5.91. The van der Waals surface area contributed by atoms with Crippen molar-refractivity contribution < 1.29 is 14.5 Å². The van der Waals surface area contributed by atoms with Gasteiger partial charge < -0.3 is 15.1 Å². The zero-order valence-corrected chi connectivity index (χ0v) is 15.3. The highest BCUT2D eigenvalue weighted by Gasteiger charge is 2.22. The highest BCUT2D eigenvalue weighted by molar-refractivity contribution is 6.30. The minimum Gasteiger partial charge on any atom is -0.463 e. The van der Waals surface area contributed by atoms with Crippen LogP contribution in [0, 0.1) is 0 Å². The lowest BCUT2D eigenvalue weighted by Gasteiger charge is -2.16. The number of quaternary nitrogens is 1. The van der Waals surface area contributed by atoms with Gasteiger partial charge in [-0.2, -0.15) is 0 Å². The second-order valence-electron chi connectivity index (χ2n) is 6.18. The van der Waals surface area contributed by atoms with Crippen LogP contribution >= 0.6 is 11.6 Å². The Hall–Kier alpha value is -2.56. The van der Waals surface area contributed by atoms with Crippen molar-refractivity contribution in [2.24, 2.45) is 0 Å². The van der Waals surface area contributed by atoms with Crippen molar-refractivity contribution in [2.45, 2.75) is 19.0 Å². The SMILES string of the molecule is C[C@@H](NC(=O)C[NH2+][C@H](c1ccccc1)c1ccco1)c1ccc(Cl)cc1. The molecule has 5 heteroatoms. The number of halogens is 1. The minimum atomic E-state index is -0.0769. The Morgan fingerprint density at radius 1 is 1.04 bits per heavy atom. The molecule has 0 unspecified atom stereocenters. The fourth-order valence-electron chi connectivity index (χ4n) is 2.91. The van der Waals surface area contributed by atoms with E-state index in [0.717, 1.165) is 16.9 Å². The van der Waals surface area contributed by atoms with Gasteiger partial charge in [0.1, 0.15) is 0 Å². The van der Waals surface area contributed by atoms with Crippen molar-refractivity contribution >= 4 is 17.5 Å². The quantitative estimate of drug-likeness (QED) is 0.670. The van der Waals surface area contributed by atoms with Crippen molar-refractivity contribution in [1.82, 2.24) is 5.32 Å². The predicted molar refractivity (Wildman–Crippen MR) is 102 cm³/mol. The summed E-state index contributed by atoms with van der Waals surface area (Å²) in [6.45, 7) is 2.26. The van der Waals surface area contributed by atoms with Crippen LogP contribution in [0.4, 0.5) is 0 Å². The van der Waals surface area contributed by atoms with Gasteiger partial charge in [0.15, 0.2) is 18.3 Å². The van der Waals surface area contributed by atoms with Gasteiger partial charge >= 0.3 is 0 Å². The summed E-state index contributed by atoms with van der Waals surface area (Å²) in [5, 5.41) is 5.69. The lowest BCUT2D eigenvalue weighted by Crippen LogP contribution is -2.87. The van der Waals surface area contributed by atoms with Gasteiger partial charge in [0.2, 0.25) is 0 Å². The fraction of sp³-hybridized carbons (Fsp3) is 0.190. The van der Waals surface area contributed by atoms with E-state index < -0.39 is 0 Å². The Bertz CT molecular complexity index is 817. The molecule has 3 aromatic rings. The van der Waals surface area contributed by atoms with Gasteiger partial charge in [-0.25, -0.2) is 0 Å². The van der Waals surface area contributed by atoms with Crippen LogP contribution in [0.25, 0.3) is 0 Å². The molecular formula is C21H22ClN2O2+. The van der Waals surface area contributed by atoms with Gasteiger partial charge in [-0.05, 0) is 36.8 Å². The van der Waals surface area contributed by atoms with E-state index in [1.54, 1.807) is 6.26 Å². The molecule has 134 valence electrons. The molecule has 1 heterocycles. The second-order valence-corrected chi connectivity index (χ2v) is 6.62. The van der Waals surface area contributed by atoms with Gasteiger partial charge in [0.05, 0.1) is 12.3 Å². The molecule has 3 N–H and O–H groups in total. The van der Waals surface area contributed by atoms with E-state index in [1.165, 1.54) is 0 Å². The molecule has 2 aromatic carbocycles. The third-order valence-corrected chi connectivity index (χ3v) is 4.55. The van der Waals surface area contributed by atoms with Gasteiger partial charge in [-0.3, -0.25) is 4.79 Å². The van der Waals surface area contributed by atoms with Gasteiger partial charge in [0.25, 0.3) is 5.91 Å². The van der Waals surface area contributed by atoms with Crippen LogP contribution in [-0.2, 0) is 4.79 Å². The molecule has 0 aliphatic heterocycles. The maximum Gasteiger partial charge on any atom is 0.275 e. The first-order valence-electron chi connectivity index (χ1n) is 8.60. The van der Waals surface area contributed by atoms with Crippen LogP contribution in [0.15, 0.2) is 77.4 Å². The topological polar surface area (TPSA) is 58.9 Å². The van der Waals surface area contributed by atoms with Crippen molar-refractivity contribution in [3.05, 3.63) is 94.9 Å². The Kier molecular flexibility index (Phi) is 6.10. The summed E-state index contributed by atoms with van der Waals surface area (Å²) < 4.78 is 5.57. The number of carbonyl (C=O) groups is 1. The normalized spacial score (nSPS) is 13.2. The number of furan rings is 1. The number of benzene rings is 2. The smallest absolute Gasteiger partial charge is 0.275 e. The molecule has 0 aliphatic carbocycles. The molecule has 0 spiro atoms. The molecule has 3 rings (SSSR count). The van der Waals surface area contributed by atoms with E-state index in [0.29, 0.717) is 11.6 Å². The monoisotopic (exact) mass is 369 g/mol. The van der Waals surface area contributed by atoms with Crippen LogP contribution < -0.4 is 10.6 Å². The predicted octanol–water partition coefficient (Wildman–Crippen LogP) is 3.46. The highest BCUT2D eigenvalue weighted by atomic mass is 35.5. The van der Waals surface area contributed by atoms with E-state index in [-0.39, 0.29) is 18.0 Å². The number of rotatable bonds is 7. The number of hydrogen-bond acceptors (Lipinski definition) is 2. The van der Waals surface area contributed by atoms with Crippen molar-refractivity contribution in [2.75, 3.05) is 6.54 Å².